The van der Waals surface area contributed by atoms with Crippen LogP contribution < -0.4 is 0 Å². The maximum Gasteiger partial charge on any atom is 0.229 e. The van der Waals surface area contributed by atoms with Crippen LogP contribution in [0.2, 0.25) is 0 Å². The van der Waals surface area contributed by atoms with Gasteiger partial charge in [0, 0.05) is 18.0 Å². The molecular weight excluding hydrogens is 234 g/mol. The van der Waals surface area contributed by atoms with Crippen LogP contribution >= 0.6 is 0 Å². The molecular formula is C17H23NO. The Morgan fingerprint density at radius 2 is 1.84 bits per heavy atom. The third-order valence-electron chi connectivity index (χ3n) is 5.06. The second kappa shape index (κ2) is 4.66. The lowest BCUT2D eigenvalue weighted by Gasteiger charge is -2.33. The zero-order valence-corrected chi connectivity index (χ0v) is 11.9. The quantitative estimate of drug-likeness (QED) is 0.792. The lowest BCUT2D eigenvalue weighted by atomic mass is 9.72. The Morgan fingerprint density at radius 3 is 2.58 bits per heavy atom. The van der Waals surface area contributed by atoms with Crippen molar-refractivity contribution in [1.29, 1.82) is 0 Å². The van der Waals surface area contributed by atoms with E-state index < -0.39 is 0 Å². The van der Waals surface area contributed by atoms with Gasteiger partial charge in [0.2, 0.25) is 5.91 Å². The van der Waals surface area contributed by atoms with Gasteiger partial charge in [-0.3, -0.25) is 4.79 Å². The summed E-state index contributed by atoms with van der Waals surface area (Å²) in [6.07, 6.45) is 4.97. The molecule has 1 aliphatic heterocycles. The fraction of sp³-hybridized carbons (Fsp3) is 0.588. The third kappa shape index (κ3) is 2.07. The molecule has 2 aliphatic rings. The Kier molecular flexibility index (Phi) is 3.12. The van der Waals surface area contributed by atoms with Gasteiger partial charge >= 0.3 is 0 Å². The van der Waals surface area contributed by atoms with Gasteiger partial charge < -0.3 is 4.90 Å². The maximum absolute atomic E-state index is 12.7. The summed E-state index contributed by atoms with van der Waals surface area (Å²) in [6, 6.07) is 10.9. The van der Waals surface area contributed by atoms with Crippen LogP contribution in [0.1, 0.15) is 45.1 Å². The highest BCUT2D eigenvalue weighted by Gasteiger charge is 2.53. The molecule has 0 N–H and O–H groups in total. The highest BCUT2D eigenvalue weighted by Crippen LogP contribution is 2.48. The highest BCUT2D eigenvalue weighted by molar-refractivity contribution is 5.85. The van der Waals surface area contributed by atoms with Crippen LogP contribution in [0, 0.1) is 11.3 Å². The van der Waals surface area contributed by atoms with Crippen LogP contribution in [0.4, 0.5) is 0 Å². The van der Waals surface area contributed by atoms with E-state index in [1.54, 1.807) is 0 Å². The first kappa shape index (κ1) is 12.7. The maximum atomic E-state index is 12.7. The van der Waals surface area contributed by atoms with Crippen molar-refractivity contribution >= 4 is 5.91 Å². The smallest absolute Gasteiger partial charge is 0.229 e. The molecule has 19 heavy (non-hydrogen) atoms. The molecule has 1 aliphatic carbocycles. The SMILES string of the molecule is CC1(C)C(=O)N(Cc2ccccc2)C2CCCCC21. The van der Waals surface area contributed by atoms with Crippen LogP contribution in [0.5, 0.6) is 0 Å². The average Bonchev–Trinajstić information content (AvgIpc) is 2.62. The summed E-state index contributed by atoms with van der Waals surface area (Å²) in [5.41, 5.74) is 1.08. The van der Waals surface area contributed by atoms with E-state index in [0.29, 0.717) is 17.9 Å². The molecule has 2 atom stereocenters. The van der Waals surface area contributed by atoms with Gasteiger partial charge in [-0.05, 0) is 24.3 Å². The molecule has 102 valence electrons. The molecule has 1 saturated heterocycles. The fourth-order valence-corrected chi connectivity index (χ4v) is 3.97. The number of fused-ring (bicyclic) bond motifs is 1. The number of hydrogen-bond acceptors (Lipinski definition) is 1. The van der Waals surface area contributed by atoms with Gasteiger partial charge in [0.05, 0.1) is 0 Å². The standard InChI is InChI=1S/C17H23NO/c1-17(2)14-10-6-7-11-15(14)18(16(17)19)12-13-8-4-3-5-9-13/h3-5,8-9,14-15H,6-7,10-12H2,1-2H3. The minimum absolute atomic E-state index is 0.167. The van der Waals surface area contributed by atoms with Crippen LogP contribution in [-0.2, 0) is 11.3 Å². The molecule has 0 aromatic heterocycles. The van der Waals surface area contributed by atoms with Crippen LogP contribution in [0.15, 0.2) is 30.3 Å². The molecule has 2 fully saturated rings. The first-order valence-electron chi connectivity index (χ1n) is 7.45. The molecule has 1 aromatic rings. The van der Waals surface area contributed by atoms with E-state index in [-0.39, 0.29) is 5.41 Å². The van der Waals surface area contributed by atoms with Gasteiger partial charge in [0.1, 0.15) is 0 Å². The number of carbonyl (C=O) groups excluding carboxylic acids is 1. The normalized spacial score (nSPS) is 29.4. The van der Waals surface area contributed by atoms with Crippen molar-refractivity contribution in [2.75, 3.05) is 0 Å². The Labute approximate surface area is 115 Å². The number of rotatable bonds is 2. The first-order chi connectivity index (χ1) is 9.10. The van der Waals surface area contributed by atoms with E-state index in [1.807, 2.05) is 6.07 Å². The molecule has 2 heteroatoms. The number of benzene rings is 1. The number of nitrogens with zero attached hydrogens (tertiary/aromatic N) is 1. The van der Waals surface area contributed by atoms with Crippen molar-refractivity contribution in [1.82, 2.24) is 4.90 Å². The monoisotopic (exact) mass is 257 g/mol. The topological polar surface area (TPSA) is 20.3 Å². The fourth-order valence-electron chi connectivity index (χ4n) is 3.97. The summed E-state index contributed by atoms with van der Waals surface area (Å²) in [5.74, 6) is 0.908. The number of amides is 1. The molecule has 1 heterocycles. The lowest BCUT2D eigenvalue weighted by Crippen LogP contribution is -2.36. The predicted molar refractivity (Wildman–Crippen MR) is 76.5 cm³/mol. The molecule has 2 nitrogen and oxygen atoms in total. The number of carbonyl (C=O) groups is 1. The Morgan fingerprint density at radius 1 is 1.16 bits per heavy atom. The minimum atomic E-state index is -0.167. The van der Waals surface area contributed by atoms with Crippen molar-refractivity contribution in [3.8, 4) is 0 Å². The van der Waals surface area contributed by atoms with Crippen molar-refractivity contribution in [2.24, 2.45) is 11.3 Å². The van der Waals surface area contributed by atoms with Gasteiger partial charge in [-0.25, -0.2) is 0 Å². The van der Waals surface area contributed by atoms with E-state index in [9.17, 15) is 4.79 Å². The Balaban J connectivity index is 1.86. The molecule has 2 unspecified atom stereocenters. The molecule has 1 aromatic carbocycles. The second-order valence-electron chi connectivity index (χ2n) is 6.60. The van der Waals surface area contributed by atoms with Gasteiger partial charge in [0.15, 0.2) is 0 Å². The van der Waals surface area contributed by atoms with Gasteiger partial charge in [-0.2, -0.15) is 0 Å². The number of hydrogen-bond donors (Lipinski definition) is 0. The van der Waals surface area contributed by atoms with Crippen LogP contribution in [0.25, 0.3) is 0 Å². The van der Waals surface area contributed by atoms with Gasteiger partial charge in [-0.1, -0.05) is 57.0 Å². The Hall–Kier alpha value is -1.31. The van der Waals surface area contributed by atoms with Crippen molar-refractivity contribution in [3.63, 3.8) is 0 Å². The van der Waals surface area contributed by atoms with Crippen molar-refractivity contribution in [2.45, 2.75) is 52.1 Å². The summed E-state index contributed by atoms with van der Waals surface area (Å²) in [5, 5.41) is 0. The van der Waals surface area contributed by atoms with E-state index in [1.165, 1.54) is 31.2 Å². The van der Waals surface area contributed by atoms with E-state index >= 15 is 0 Å². The van der Waals surface area contributed by atoms with Crippen LogP contribution in [0.3, 0.4) is 0 Å². The molecule has 0 spiro atoms. The molecule has 1 amide bonds. The number of likely N-dealkylation sites (tertiary alicyclic amines) is 1. The third-order valence-corrected chi connectivity index (χ3v) is 5.06. The summed E-state index contributed by atoms with van der Waals surface area (Å²) in [6.45, 7) is 5.07. The van der Waals surface area contributed by atoms with E-state index in [4.69, 9.17) is 0 Å². The van der Waals surface area contributed by atoms with Crippen molar-refractivity contribution in [3.05, 3.63) is 35.9 Å². The van der Waals surface area contributed by atoms with Gasteiger partial charge in [0.25, 0.3) is 0 Å². The zero-order valence-electron chi connectivity index (χ0n) is 11.9. The molecule has 3 rings (SSSR count). The minimum Gasteiger partial charge on any atom is -0.335 e. The largest absolute Gasteiger partial charge is 0.335 e. The highest BCUT2D eigenvalue weighted by atomic mass is 16.2. The molecule has 0 bridgehead atoms. The van der Waals surface area contributed by atoms with E-state index in [2.05, 4.69) is 43.0 Å². The summed E-state index contributed by atoms with van der Waals surface area (Å²) >= 11 is 0. The second-order valence-corrected chi connectivity index (χ2v) is 6.60. The molecule has 0 radical (unpaired) electrons. The summed E-state index contributed by atoms with van der Waals surface area (Å²) in [4.78, 5) is 14.9. The van der Waals surface area contributed by atoms with Crippen LogP contribution in [-0.4, -0.2) is 16.8 Å². The summed E-state index contributed by atoms with van der Waals surface area (Å²) in [7, 11) is 0. The van der Waals surface area contributed by atoms with Crippen molar-refractivity contribution < 1.29 is 4.79 Å². The van der Waals surface area contributed by atoms with E-state index in [0.717, 1.165) is 6.54 Å². The zero-order chi connectivity index (χ0) is 13.5. The molecule has 1 saturated carbocycles. The van der Waals surface area contributed by atoms with Gasteiger partial charge in [-0.15, -0.1) is 0 Å². The lowest BCUT2D eigenvalue weighted by molar-refractivity contribution is -0.136. The predicted octanol–water partition coefficient (Wildman–Crippen LogP) is 3.61. The average molecular weight is 257 g/mol. The Bertz CT molecular complexity index is 465. The summed E-state index contributed by atoms with van der Waals surface area (Å²) < 4.78 is 0. The first-order valence-corrected chi connectivity index (χ1v) is 7.45.